The van der Waals surface area contributed by atoms with E-state index >= 15 is 0 Å². The molecule has 33 heavy (non-hydrogen) atoms. The number of hydrogen-bond donors (Lipinski definition) is 1. The van der Waals surface area contributed by atoms with E-state index in [4.69, 9.17) is 14.2 Å². The van der Waals surface area contributed by atoms with Gasteiger partial charge in [-0.3, -0.25) is 4.79 Å². The Kier molecular flexibility index (Phi) is 6.81. The minimum Gasteiger partial charge on any atom is -0.493 e. The number of aliphatic hydroxyl groups is 1. The number of hydrogen-bond acceptors (Lipinski definition) is 7. The molecule has 2 atom stereocenters. The van der Waals surface area contributed by atoms with Gasteiger partial charge in [-0.25, -0.2) is 8.42 Å². The molecule has 1 aliphatic heterocycles. The van der Waals surface area contributed by atoms with Gasteiger partial charge in [-0.2, -0.15) is 0 Å². The first kappa shape index (κ1) is 23.4. The first-order valence-electron chi connectivity index (χ1n) is 11.0. The van der Waals surface area contributed by atoms with Gasteiger partial charge in [0.15, 0.2) is 17.6 Å². The van der Waals surface area contributed by atoms with Crippen LogP contribution in [0.5, 0.6) is 17.2 Å². The van der Waals surface area contributed by atoms with E-state index in [1.165, 1.54) is 25.5 Å². The molecule has 0 radical (unpaired) electrons. The molecule has 0 bridgehead atoms. The summed E-state index contributed by atoms with van der Waals surface area (Å²) in [5.74, 6) is 1.58. The Morgan fingerprint density at radius 1 is 1.09 bits per heavy atom. The van der Waals surface area contributed by atoms with Gasteiger partial charge in [-0.1, -0.05) is 12.1 Å². The number of nitrogens with zero attached hydrogens (tertiary/aromatic N) is 1. The summed E-state index contributed by atoms with van der Waals surface area (Å²) < 4.78 is 39.5. The first-order chi connectivity index (χ1) is 15.7. The molecule has 1 heterocycles. The fourth-order valence-corrected chi connectivity index (χ4v) is 4.74. The number of benzene rings is 2. The van der Waals surface area contributed by atoms with Crippen LogP contribution in [0.2, 0.25) is 0 Å². The predicted octanol–water partition coefficient (Wildman–Crippen LogP) is 2.54. The van der Waals surface area contributed by atoms with Gasteiger partial charge in [0.25, 0.3) is 5.91 Å². The fourth-order valence-electron chi connectivity index (χ4n) is 3.95. The predicted molar refractivity (Wildman–Crippen MR) is 124 cm³/mol. The summed E-state index contributed by atoms with van der Waals surface area (Å²) in [5.41, 5.74) is 1.97. The lowest BCUT2D eigenvalue weighted by atomic mass is 10.1. The van der Waals surface area contributed by atoms with Gasteiger partial charge in [0.2, 0.25) is 0 Å². The van der Waals surface area contributed by atoms with Gasteiger partial charge in [0.1, 0.15) is 28.3 Å². The Labute approximate surface area is 194 Å². The number of methoxy groups -OCH3 is 1. The molecule has 178 valence electrons. The maximum Gasteiger partial charge on any atom is 0.268 e. The van der Waals surface area contributed by atoms with Gasteiger partial charge in [0.05, 0.1) is 12.9 Å². The van der Waals surface area contributed by atoms with E-state index in [0.29, 0.717) is 41.8 Å². The molecule has 9 heteroatoms. The molecule has 8 nitrogen and oxygen atoms in total. The molecule has 2 aliphatic rings. The summed E-state index contributed by atoms with van der Waals surface area (Å²) in [7, 11) is -1.84. The lowest BCUT2D eigenvalue weighted by molar-refractivity contribution is -0.122. The SMILES string of the molecule is COc1cc(N2CCC(Oc3ccc(C4CC4)cc3)C2=O)ccc1OC[C@@H](O)CS(C)(=O)=O. The highest BCUT2D eigenvalue weighted by atomic mass is 32.2. The first-order valence-corrected chi connectivity index (χ1v) is 13.0. The standard InChI is InChI=1S/C24H29NO7S/c1-30-23-13-18(7-10-21(23)31-14-19(26)15-33(2,28)29)25-12-11-22(24(25)27)32-20-8-5-17(6-9-20)16-3-4-16/h5-10,13,16,19,22,26H,3-4,11-12,14-15H2,1-2H3/t19-,22?/m1/s1. The topological polar surface area (TPSA) is 102 Å². The molecule has 0 aromatic heterocycles. The summed E-state index contributed by atoms with van der Waals surface area (Å²) in [6.45, 7) is 0.320. The van der Waals surface area contributed by atoms with Crippen LogP contribution in [0.25, 0.3) is 0 Å². The highest BCUT2D eigenvalue weighted by Crippen LogP contribution is 2.40. The van der Waals surface area contributed by atoms with Crippen molar-refractivity contribution >= 4 is 21.4 Å². The zero-order chi connectivity index (χ0) is 23.6. The molecule has 1 saturated heterocycles. The van der Waals surface area contributed by atoms with E-state index in [-0.39, 0.29) is 18.3 Å². The van der Waals surface area contributed by atoms with Gasteiger partial charge < -0.3 is 24.2 Å². The average molecular weight is 476 g/mol. The van der Waals surface area contributed by atoms with Crippen molar-refractivity contribution in [3.63, 3.8) is 0 Å². The third-order valence-electron chi connectivity index (χ3n) is 5.75. The van der Waals surface area contributed by atoms with Crippen LogP contribution >= 0.6 is 0 Å². The smallest absolute Gasteiger partial charge is 0.268 e. The summed E-state index contributed by atoms with van der Waals surface area (Å²) in [5, 5.41) is 9.86. The maximum absolute atomic E-state index is 13.0. The molecule has 2 aromatic carbocycles. The average Bonchev–Trinajstić information content (AvgIpc) is 3.56. The van der Waals surface area contributed by atoms with Crippen LogP contribution in [0.15, 0.2) is 42.5 Å². The Bertz CT molecular complexity index is 1100. The minimum atomic E-state index is -3.32. The third-order valence-corrected chi connectivity index (χ3v) is 6.74. The zero-order valence-electron chi connectivity index (χ0n) is 18.8. The highest BCUT2D eigenvalue weighted by molar-refractivity contribution is 7.90. The largest absolute Gasteiger partial charge is 0.493 e. The van der Waals surface area contributed by atoms with E-state index in [1.807, 2.05) is 12.1 Å². The van der Waals surface area contributed by atoms with Crippen molar-refractivity contribution in [2.45, 2.75) is 37.4 Å². The van der Waals surface area contributed by atoms with Crippen LogP contribution in [-0.4, -0.2) is 63.9 Å². The molecule has 1 aliphatic carbocycles. The van der Waals surface area contributed by atoms with Gasteiger partial charge >= 0.3 is 0 Å². The Balaban J connectivity index is 1.38. The molecule has 0 spiro atoms. The van der Waals surface area contributed by atoms with Crippen molar-refractivity contribution in [3.8, 4) is 17.2 Å². The summed E-state index contributed by atoms with van der Waals surface area (Å²) in [6, 6.07) is 13.0. The number of carbonyl (C=O) groups excluding carboxylic acids is 1. The number of rotatable bonds is 10. The third kappa shape index (κ3) is 5.97. The molecule has 2 fully saturated rings. The highest BCUT2D eigenvalue weighted by Gasteiger charge is 2.35. The van der Waals surface area contributed by atoms with Crippen LogP contribution in [0, 0.1) is 0 Å². The van der Waals surface area contributed by atoms with Crippen molar-refractivity contribution in [1.29, 1.82) is 0 Å². The van der Waals surface area contributed by atoms with Crippen LogP contribution in [0.1, 0.15) is 30.7 Å². The molecule has 1 amide bonds. The number of sulfone groups is 1. The van der Waals surface area contributed by atoms with Gasteiger partial charge in [-0.05, 0) is 48.6 Å². The van der Waals surface area contributed by atoms with Crippen molar-refractivity contribution in [3.05, 3.63) is 48.0 Å². The molecule has 1 saturated carbocycles. The van der Waals surface area contributed by atoms with Gasteiger partial charge in [0, 0.05) is 31.0 Å². The van der Waals surface area contributed by atoms with E-state index < -0.39 is 22.0 Å². The van der Waals surface area contributed by atoms with Crippen molar-refractivity contribution in [2.75, 3.05) is 37.2 Å². The second kappa shape index (κ2) is 9.61. The lowest BCUT2D eigenvalue weighted by Gasteiger charge is -2.20. The lowest BCUT2D eigenvalue weighted by Crippen LogP contribution is -2.32. The van der Waals surface area contributed by atoms with E-state index in [9.17, 15) is 18.3 Å². The maximum atomic E-state index is 13.0. The summed E-state index contributed by atoms with van der Waals surface area (Å²) in [4.78, 5) is 14.6. The molecule has 1 unspecified atom stereocenters. The fraction of sp³-hybridized carbons (Fsp3) is 0.458. The Morgan fingerprint density at radius 3 is 2.45 bits per heavy atom. The van der Waals surface area contributed by atoms with E-state index in [2.05, 4.69) is 12.1 Å². The normalized spacial score (nSPS) is 19.4. The van der Waals surface area contributed by atoms with Crippen LogP contribution in [-0.2, 0) is 14.6 Å². The van der Waals surface area contributed by atoms with Gasteiger partial charge in [-0.15, -0.1) is 0 Å². The minimum absolute atomic E-state index is 0.124. The molecule has 1 N–H and O–H groups in total. The van der Waals surface area contributed by atoms with Crippen LogP contribution < -0.4 is 19.1 Å². The zero-order valence-corrected chi connectivity index (χ0v) is 19.6. The Hall–Kier alpha value is -2.78. The number of anilines is 1. The molecule has 2 aromatic rings. The number of carbonyl (C=O) groups is 1. The number of aliphatic hydroxyl groups excluding tert-OH is 1. The molecular weight excluding hydrogens is 446 g/mol. The van der Waals surface area contributed by atoms with Crippen LogP contribution in [0.3, 0.4) is 0 Å². The Morgan fingerprint density at radius 2 is 1.82 bits per heavy atom. The summed E-state index contributed by atoms with van der Waals surface area (Å²) in [6.07, 6.45) is 2.40. The quantitative estimate of drug-likeness (QED) is 0.563. The number of amides is 1. The van der Waals surface area contributed by atoms with Crippen molar-refractivity contribution < 1.29 is 32.5 Å². The van der Waals surface area contributed by atoms with E-state index in [1.54, 1.807) is 23.1 Å². The monoisotopic (exact) mass is 475 g/mol. The van der Waals surface area contributed by atoms with Crippen molar-refractivity contribution in [1.82, 2.24) is 0 Å². The number of ether oxygens (including phenoxy) is 3. The molecular formula is C24H29NO7S. The molecule has 4 rings (SSSR count). The van der Waals surface area contributed by atoms with Crippen LogP contribution in [0.4, 0.5) is 5.69 Å². The second-order valence-corrected chi connectivity index (χ2v) is 10.8. The summed E-state index contributed by atoms with van der Waals surface area (Å²) >= 11 is 0. The van der Waals surface area contributed by atoms with Crippen molar-refractivity contribution in [2.24, 2.45) is 0 Å². The second-order valence-electron chi connectivity index (χ2n) is 8.62. The van der Waals surface area contributed by atoms with E-state index in [0.717, 1.165) is 6.26 Å².